The first-order chi connectivity index (χ1) is 6.37. The van der Waals surface area contributed by atoms with Crippen LogP contribution in [-0.2, 0) is 4.74 Å². The van der Waals surface area contributed by atoms with Gasteiger partial charge in [0.2, 0.25) is 0 Å². The van der Waals surface area contributed by atoms with Gasteiger partial charge in [-0.25, -0.2) is 10.1 Å². The van der Waals surface area contributed by atoms with Crippen molar-refractivity contribution in [2.75, 3.05) is 5.32 Å². The second-order valence-electron chi connectivity index (χ2n) is 3.92. The van der Waals surface area contributed by atoms with Gasteiger partial charge in [0.15, 0.2) is 0 Å². The van der Waals surface area contributed by atoms with Crippen LogP contribution in [0.2, 0.25) is 0 Å². The number of nitrogens with zero attached hydrogens (tertiary/aromatic N) is 1. The molecule has 14 heavy (non-hydrogen) atoms. The van der Waals surface area contributed by atoms with Crippen molar-refractivity contribution in [1.29, 1.82) is 0 Å². The first-order valence-corrected chi connectivity index (χ1v) is 4.29. The zero-order valence-electron chi connectivity index (χ0n) is 8.75. The molecule has 1 rings (SSSR count). The van der Waals surface area contributed by atoms with E-state index in [2.05, 4.69) is 10.3 Å². The minimum Gasteiger partial charge on any atom is -0.443 e. The standard InChI is InChI=1S/C9H14N2O3/c1-6-5-13-7(10-6)11-8(12)14-9(2,3)4/h5H,1-4H3,(H,10,11,12). The lowest BCUT2D eigenvalue weighted by Crippen LogP contribution is -2.27. The number of aryl methyl sites for hydroxylation is 1. The Hall–Kier alpha value is -1.52. The van der Waals surface area contributed by atoms with Crippen LogP contribution in [-0.4, -0.2) is 16.7 Å². The van der Waals surface area contributed by atoms with E-state index >= 15 is 0 Å². The molecule has 5 heteroatoms. The summed E-state index contributed by atoms with van der Waals surface area (Å²) in [6.45, 7) is 7.12. The molecule has 0 saturated carbocycles. The number of aromatic nitrogens is 1. The van der Waals surface area contributed by atoms with Gasteiger partial charge in [-0.15, -0.1) is 0 Å². The van der Waals surface area contributed by atoms with Crippen molar-refractivity contribution in [3.05, 3.63) is 12.0 Å². The first-order valence-electron chi connectivity index (χ1n) is 4.29. The van der Waals surface area contributed by atoms with E-state index in [9.17, 15) is 4.79 Å². The minimum absolute atomic E-state index is 0.150. The summed E-state index contributed by atoms with van der Waals surface area (Å²) in [5.74, 6) is 0. The summed E-state index contributed by atoms with van der Waals surface area (Å²) >= 11 is 0. The number of carbonyl (C=O) groups is 1. The third-order valence-corrected chi connectivity index (χ3v) is 1.23. The van der Waals surface area contributed by atoms with Gasteiger partial charge in [0.1, 0.15) is 11.9 Å². The molecule has 0 spiro atoms. The minimum atomic E-state index is -0.570. The van der Waals surface area contributed by atoms with Crippen LogP contribution in [0.4, 0.5) is 10.8 Å². The number of oxazole rings is 1. The van der Waals surface area contributed by atoms with Crippen LogP contribution in [0, 0.1) is 6.92 Å². The van der Waals surface area contributed by atoms with E-state index < -0.39 is 11.7 Å². The molecule has 1 heterocycles. The lowest BCUT2D eigenvalue weighted by atomic mass is 10.2. The van der Waals surface area contributed by atoms with Crippen molar-refractivity contribution in [1.82, 2.24) is 4.98 Å². The van der Waals surface area contributed by atoms with Gasteiger partial charge in [-0.05, 0) is 27.7 Å². The molecule has 0 atom stereocenters. The average molecular weight is 198 g/mol. The summed E-state index contributed by atoms with van der Waals surface area (Å²) in [6.07, 6.45) is 0.881. The summed E-state index contributed by atoms with van der Waals surface area (Å²) in [6, 6.07) is 0.150. The smallest absolute Gasteiger partial charge is 0.415 e. The van der Waals surface area contributed by atoms with Crippen molar-refractivity contribution >= 4 is 12.1 Å². The molecule has 78 valence electrons. The van der Waals surface area contributed by atoms with Crippen LogP contribution in [0.3, 0.4) is 0 Å². The highest BCUT2D eigenvalue weighted by Crippen LogP contribution is 2.10. The molecule has 1 N–H and O–H groups in total. The highest BCUT2D eigenvalue weighted by atomic mass is 16.6. The molecule has 0 fully saturated rings. The summed E-state index contributed by atoms with van der Waals surface area (Å²) < 4.78 is 9.93. The number of hydrogen-bond acceptors (Lipinski definition) is 4. The molecule has 0 bridgehead atoms. The molecule has 0 radical (unpaired) electrons. The maximum Gasteiger partial charge on any atom is 0.415 e. The molecule has 1 amide bonds. The predicted octanol–water partition coefficient (Wildman–Crippen LogP) is 2.33. The van der Waals surface area contributed by atoms with Gasteiger partial charge in [0, 0.05) is 0 Å². The van der Waals surface area contributed by atoms with Gasteiger partial charge in [-0.3, -0.25) is 0 Å². The van der Waals surface area contributed by atoms with Gasteiger partial charge in [0.25, 0.3) is 0 Å². The number of ether oxygens (including phenoxy) is 1. The van der Waals surface area contributed by atoms with E-state index in [4.69, 9.17) is 9.15 Å². The number of amides is 1. The first kappa shape index (κ1) is 10.6. The molecule has 0 aliphatic rings. The van der Waals surface area contributed by atoms with Crippen molar-refractivity contribution in [3.63, 3.8) is 0 Å². The lowest BCUT2D eigenvalue weighted by molar-refractivity contribution is 0.0632. The quantitative estimate of drug-likeness (QED) is 0.752. The van der Waals surface area contributed by atoms with Crippen LogP contribution < -0.4 is 5.32 Å². The number of anilines is 1. The fraction of sp³-hybridized carbons (Fsp3) is 0.556. The van der Waals surface area contributed by atoms with E-state index in [1.165, 1.54) is 6.26 Å². The number of rotatable bonds is 1. The Balaban J connectivity index is 2.50. The third-order valence-electron chi connectivity index (χ3n) is 1.23. The van der Waals surface area contributed by atoms with Crippen molar-refractivity contribution in [2.24, 2.45) is 0 Å². The second kappa shape index (κ2) is 3.69. The molecule has 1 aromatic heterocycles. The Kier molecular flexibility index (Phi) is 2.78. The summed E-state index contributed by atoms with van der Waals surface area (Å²) in [5, 5.41) is 2.38. The molecular weight excluding hydrogens is 184 g/mol. The third kappa shape index (κ3) is 3.47. The zero-order chi connectivity index (χ0) is 10.8. The topological polar surface area (TPSA) is 64.4 Å². The van der Waals surface area contributed by atoms with E-state index in [-0.39, 0.29) is 6.01 Å². The largest absolute Gasteiger partial charge is 0.443 e. The van der Waals surface area contributed by atoms with Crippen LogP contribution in [0.5, 0.6) is 0 Å². The van der Waals surface area contributed by atoms with Crippen LogP contribution in [0.1, 0.15) is 26.5 Å². The monoisotopic (exact) mass is 198 g/mol. The molecule has 0 saturated heterocycles. The van der Waals surface area contributed by atoms with Gasteiger partial charge in [-0.2, -0.15) is 4.98 Å². The molecule has 1 aromatic rings. The van der Waals surface area contributed by atoms with Crippen molar-refractivity contribution < 1.29 is 13.9 Å². The van der Waals surface area contributed by atoms with E-state index in [1.54, 1.807) is 27.7 Å². The SMILES string of the molecule is Cc1coc(NC(=O)OC(C)(C)C)n1. The Morgan fingerprint density at radius 2 is 2.21 bits per heavy atom. The molecular formula is C9H14N2O3. The number of nitrogens with one attached hydrogen (secondary N) is 1. The van der Waals surface area contributed by atoms with E-state index in [0.29, 0.717) is 5.69 Å². The van der Waals surface area contributed by atoms with Crippen LogP contribution in [0.15, 0.2) is 10.7 Å². The van der Waals surface area contributed by atoms with Crippen LogP contribution in [0.25, 0.3) is 0 Å². The summed E-state index contributed by atoms with van der Waals surface area (Å²) in [5.41, 5.74) is 0.183. The van der Waals surface area contributed by atoms with Gasteiger partial charge >= 0.3 is 12.1 Å². The Labute approximate surface area is 82.5 Å². The maximum atomic E-state index is 11.2. The molecule has 0 unspecified atom stereocenters. The fourth-order valence-corrected chi connectivity index (χ4v) is 0.802. The molecule has 5 nitrogen and oxygen atoms in total. The van der Waals surface area contributed by atoms with Gasteiger partial charge in [0.05, 0.1) is 5.69 Å². The fourth-order valence-electron chi connectivity index (χ4n) is 0.802. The number of carbonyl (C=O) groups excluding carboxylic acids is 1. The molecule has 0 aliphatic heterocycles. The lowest BCUT2D eigenvalue weighted by Gasteiger charge is -2.18. The van der Waals surface area contributed by atoms with Gasteiger partial charge in [-0.1, -0.05) is 0 Å². The highest BCUT2D eigenvalue weighted by molar-refractivity contribution is 5.82. The second-order valence-corrected chi connectivity index (χ2v) is 3.92. The van der Waals surface area contributed by atoms with E-state index in [1.807, 2.05) is 0 Å². The summed E-state index contributed by atoms with van der Waals surface area (Å²) in [7, 11) is 0. The maximum absolute atomic E-state index is 11.2. The Morgan fingerprint density at radius 3 is 2.64 bits per heavy atom. The van der Waals surface area contributed by atoms with Crippen molar-refractivity contribution in [3.8, 4) is 0 Å². The van der Waals surface area contributed by atoms with Crippen molar-refractivity contribution in [2.45, 2.75) is 33.3 Å². The highest BCUT2D eigenvalue weighted by Gasteiger charge is 2.17. The number of hydrogen-bond donors (Lipinski definition) is 1. The summed E-state index contributed by atoms with van der Waals surface area (Å²) in [4.78, 5) is 15.1. The normalized spacial score (nSPS) is 11.1. The zero-order valence-corrected chi connectivity index (χ0v) is 8.75. The molecule has 0 aromatic carbocycles. The Morgan fingerprint density at radius 1 is 1.57 bits per heavy atom. The van der Waals surface area contributed by atoms with E-state index in [0.717, 1.165) is 0 Å². The average Bonchev–Trinajstić information content (AvgIpc) is 2.30. The Bertz CT molecular complexity index is 325. The van der Waals surface area contributed by atoms with Crippen LogP contribution >= 0.6 is 0 Å². The predicted molar refractivity (Wildman–Crippen MR) is 51.1 cm³/mol. The molecule has 0 aliphatic carbocycles. The van der Waals surface area contributed by atoms with Gasteiger partial charge < -0.3 is 9.15 Å².